The van der Waals surface area contributed by atoms with Crippen LogP contribution in [0.25, 0.3) is 72.1 Å². The van der Waals surface area contributed by atoms with Gasteiger partial charge in [0.25, 0.3) is 0 Å². The third-order valence-electron chi connectivity index (χ3n) is 9.41. The summed E-state index contributed by atoms with van der Waals surface area (Å²) in [7, 11) is 0. The lowest BCUT2D eigenvalue weighted by Crippen LogP contribution is -2.15. The molecule has 44 heavy (non-hydrogen) atoms. The minimum absolute atomic E-state index is 0.123. The Morgan fingerprint density at radius 2 is 1.20 bits per heavy atom. The number of rotatable bonds is 4. The van der Waals surface area contributed by atoms with Crippen LogP contribution in [-0.4, -0.2) is 14.4 Å². The van der Waals surface area contributed by atoms with E-state index >= 15 is 0 Å². The first-order valence-corrected chi connectivity index (χ1v) is 15.2. The van der Waals surface area contributed by atoms with Crippen LogP contribution in [-0.2, 0) is 5.41 Å². The predicted molar refractivity (Wildman–Crippen MR) is 182 cm³/mol. The van der Waals surface area contributed by atoms with E-state index in [0.717, 1.165) is 33.9 Å². The number of imidazole rings is 1. The Kier molecular flexibility index (Phi) is 5.24. The number of fused-ring (bicyclic) bond motifs is 1. The van der Waals surface area contributed by atoms with E-state index in [0.29, 0.717) is 0 Å². The Morgan fingerprint density at radius 1 is 0.545 bits per heavy atom. The van der Waals surface area contributed by atoms with Crippen molar-refractivity contribution in [1.82, 2.24) is 14.4 Å². The van der Waals surface area contributed by atoms with Gasteiger partial charge in [0.05, 0.1) is 17.1 Å². The molecule has 0 atom stereocenters. The lowest BCUT2D eigenvalue weighted by molar-refractivity contribution is 0.663. The number of benzene rings is 5. The van der Waals surface area contributed by atoms with Crippen molar-refractivity contribution in [2.45, 2.75) is 19.3 Å². The standard InChI is InChI=1S/C41H29N3/c1-41(2)33-24-31(22-29-18-19-30-23-32(35-12-6-8-20-42-35)25-34(41)38(30)37(29)33)26-14-16-27(17-15-26)39-40(28-10-4-3-5-11-28)44-21-9-7-13-36(44)43-39/h3-25H,1-2H3. The highest BCUT2D eigenvalue weighted by atomic mass is 15.0. The van der Waals surface area contributed by atoms with E-state index in [-0.39, 0.29) is 5.41 Å². The van der Waals surface area contributed by atoms with Crippen molar-refractivity contribution in [3.63, 3.8) is 0 Å². The molecule has 3 heteroatoms. The number of nitrogens with zero attached hydrogens (tertiary/aromatic N) is 3. The summed E-state index contributed by atoms with van der Waals surface area (Å²) in [6.45, 7) is 4.72. The van der Waals surface area contributed by atoms with Gasteiger partial charge in [-0.1, -0.05) is 92.7 Å². The highest BCUT2D eigenvalue weighted by molar-refractivity contribution is 6.16. The molecule has 0 fully saturated rings. The van der Waals surface area contributed by atoms with Crippen LogP contribution in [0.1, 0.15) is 25.0 Å². The van der Waals surface area contributed by atoms with E-state index in [2.05, 4.69) is 145 Å². The van der Waals surface area contributed by atoms with Gasteiger partial charge in [0.15, 0.2) is 0 Å². The fourth-order valence-corrected chi connectivity index (χ4v) is 7.20. The molecule has 0 N–H and O–H groups in total. The van der Waals surface area contributed by atoms with E-state index in [1.807, 2.05) is 18.3 Å². The number of aromatic nitrogens is 3. The summed E-state index contributed by atoms with van der Waals surface area (Å²) in [5, 5.41) is 5.33. The molecule has 1 aliphatic rings. The average Bonchev–Trinajstić information content (AvgIpc) is 3.58. The van der Waals surface area contributed by atoms with Gasteiger partial charge in [-0.05, 0) is 92.3 Å². The minimum atomic E-state index is -0.123. The molecule has 0 unspecified atom stereocenters. The van der Waals surface area contributed by atoms with Crippen molar-refractivity contribution < 1.29 is 0 Å². The SMILES string of the molecule is CC1(C)c2cc(-c3ccc(-c4nc5ccccn5c4-c4ccccc4)cc3)cc3ccc4cc(-c5ccccn5)cc1c4c23. The topological polar surface area (TPSA) is 30.2 Å². The van der Waals surface area contributed by atoms with E-state index in [9.17, 15) is 0 Å². The van der Waals surface area contributed by atoms with Gasteiger partial charge in [-0.3, -0.25) is 9.38 Å². The van der Waals surface area contributed by atoms with Gasteiger partial charge in [-0.2, -0.15) is 0 Å². The molecular weight excluding hydrogens is 534 g/mol. The fourth-order valence-electron chi connectivity index (χ4n) is 7.20. The van der Waals surface area contributed by atoms with E-state index < -0.39 is 0 Å². The molecule has 0 saturated heterocycles. The molecule has 0 aliphatic heterocycles. The molecule has 0 amide bonds. The van der Waals surface area contributed by atoms with E-state index in [1.54, 1.807) is 0 Å². The molecule has 0 spiro atoms. The maximum atomic E-state index is 5.06. The number of pyridine rings is 2. The van der Waals surface area contributed by atoms with Gasteiger partial charge in [0.1, 0.15) is 5.65 Å². The van der Waals surface area contributed by atoms with Crippen molar-refractivity contribution in [2.24, 2.45) is 0 Å². The van der Waals surface area contributed by atoms with Gasteiger partial charge in [0.2, 0.25) is 0 Å². The number of hydrogen-bond acceptors (Lipinski definition) is 2. The average molecular weight is 564 g/mol. The van der Waals surface area contributed by atoms with Crippen molar-refractivity contribution in [3.8, 4) is 44.9 Å². The van der Waals surface area contributed by atoms with Crippen molar-refractivity contribution in [1.29, 1.82) is 0 Å². The molecule has 3 nitrogen and oxygen atoms in total. The summed E-state index contributed by atoms with van der Waals surface area (Å²) in [4.78, 5) is 9.71. The Balaban J connectivity index is 1.16. The Bertz CT molecular complexity index is 2380. The van der Waals surface area contributed by atoms with Crippen LogP contribution >= 0.6 is 0 Å². The minimum Gasteiger partial charge on any atom is -0.299 e. The molecule has 5 aromatic carbocycles. The fraction of sp³-hybridized carbons (Fsp3) is 0.0732. The summed E-state index contributed by atoms with van der Waals surface area (Å²) < 4.78 is 2.18. The zero-order chi connectivity index (χ0) is 29.4. The number of hydrogen-bond donors (Lipinski definition) is 0. The highest BCUT2D eigenvalue weighted by Gasteiger charge is 2.35. The summed E-state index contributed by atoms with van der Waals surface area (Å²) >= 11 is 0. The molecule has 0 saturated carbocycles. The lowest BCUT2D eigenvalue weighted by atomic mass is 9.80. The summed E-state index contributed by atoms with van der Waals surface area (Å²) in [6.07, 6.45) is 3.97. The van der Waals surface area contributed by atoms with Crippen LogP contribution in [0, 0.1) is 0 Å². The molecule has 9 rings (SSSR count). The molecule has 8 aromatic rings. The maximum absolute atomic E-state index is 5.06. The maximum Gasteiger partial charge on any atom is 0.137 e. The molecule has 208 valence electrons. The third-order valence-corrected chi connectivity index (χ3v) is 9.41. The monoisotopic (exact) mass is 563 g/mol. The largest absolute Gasteiger partial charge is 0.299 e. The van der Waals surface area contributed by atoms with Gasteiger partial charge in [0, 0.05) is 34.5 Å². The predicted octanol–water partition coefficient (Wildman–Crippen LogP) is 10.3. The third kappa shape index (κ3) is 3.62. The van der Waals surface area contributed by atoms with Gasteiger partial charge in [-0.25, -0.2) is 4.98 Å². The van der Waals surface area contributed by atoms with E-state index in [1.165, 1.54) is 49.4 Å². The van der Waals surface area contributed by atoms with Crippen LogP contribution in [0.15, 0.2) is 140 Å². The van der Waals surface area contributed by atoms with Crippen LogP contribution in [0.2, 0.25) is 0 Å². The van der Waals surface area contributed by atoms with Crippen molar-refractivity contribution >= 4 is 27.2 Å². The second kappa shape index (κ2) is 9.23. The molecule has 3 heterocycles. The zero-order valence-corrected chi connectivity index (χ0v) is 24.6. The Labute approximate surface area is 256 Å². The lowest BCUT2D eigenvalue weighted by Gasteiger charge is -2.23. The normalized spacial score (nSPS) is 13.4. The Morgan fingerprint density at radius 3 is 1.93 bits per heavy atom. The first kappa shape index (κ1) is 25.0. The smallest absolute Gasteiger partial charge is 0.137 e. The molecular formula is C41H29N3. The van der Waals surface area contributed by atoms with Gasteiger partial charge in [-0.15, -0.1) is 0 Å². The second-order valence-corrected chi connectivity index (χ2v) is 12.3. The van der Waals surface area contributed by atoms with Gasteiger partial charge >= 0.3 is 0 Å². The molecule has 0 radical (unpaired) electrons. The van der Waals surface area contributed by atoms with E-state index in [4.69, 9.17) is 4.98 Å². The van der Waals surface area contributed by atoms with Gasteiger partial charge < -0.3 is 0 Å². The second-order valence-electron chi connectivity index (χ2n) is 12.3. The Hall–Kier alpha value is -5.54. The van der Waals surface area contributed by atoms with Crippen LogP contribution in [0.3, 0.4) is 0 Å². The quantitative estimate of drug-likeness (QED) is 0.199. The van der Waals surface area contributed by atoms with Crippen molar-refractivity contribution in [2.75, 3.05) is 0 Å². The zero-order valence-electron chi connectivity index (χ0n) is 24.6. The first-order valence-electron chi connectivity index (χ1n) is 15.2. The summed E-state index contributed by atoms with van der Waals surface area (Å²) in [5.74, 6) is 0. The molecule has 3 aromatic heterocycles. The van der Waals surface area contributed by atoms with Crippen LogP contribution < -0.4 is 0 Å². The first-order chi connectivity index (χ1) is 21.6. The van der Waals surface area contributed by atoms with Crippen molar-refractivity contribution in [3.05, 3.63) is 151 Å². The molecule has 0 bridgehead atoms. The summed E-state index contributed by atoms with van der Waals surface area (Å²) in [5.41, 5.74) is 12.6. The summed E-state index contributed by atoms with van der Waals surface area (Å²) in [6, 6.07) is 45.7. The molecule has 1 aliphatic carbocycles. The van der Waals surface area contributed by atoms with Crippen LogP contribution in [0.4, 0.5) is 0 Å². The highest BCUT2D eigenvalue weighted by Crippen LogP contribution is 2.51. The van der Waals surface area contributed by atoms with Crippen LogP contribution in [0.5, 0.6) is 0 Å².